The molecule has 0 aromatic heterocycles. The number of piperidine rings is 1. The molecule has 1 unspecified atom stereocenters. The van der Waals surface area contributed by atoms with Gasteiger partial charge in [-0.15, -0.1) is 0 Å². The zero-order valence-corrected chi connectivity index (χ0v) is 21.9. The van der Waals surface area contributed by atoms with E-state index in [2.05, 4.69) is 19.2 Å². The fourth-order valence-corrected chi connectivity index (χ4v) is 7.54. The van der Waals surface area contributed by atoms with E-state index in [4.69, 9.17) is 9.47 Å². The molecule has 0 radical (unpaired) electrons. The molecule has 3 amide bonds. The van der Waals surface area contributed by atoms with E-state index in [1.165, 1.54) is 0 Å². The number of benzene rings is 1. The molecule has 1 aromatic carbocycles. The van der Waals surface area contributed by atoms with Gasteiger partial charge >= 0.3 is 0 Å². The molecule has 1 spiro atoms. The number of amides is 3. The molecule has 8 heteroatoms. The van der Waals surface area contributed by atoms with Crippen LogP contribution in [0.5, 0.6) is 11.5 Å². The van der Waals surface area contributed by atoms with Crippen LogP contribution in [0.1, 0.15) is 59.4 Å². The molecule has 3 fully saturated rings. The van der Waals surface area contributed by atoms with Crippen molar-refractivity contribution in [1.29, 1.82) is 0 Å². The van der Waals surface area contributed by atoms with Crippen molar-refractivity contribution in [2.24, 2.45) is 17.3 Å². The van der Waals surface area contributed by atoms with Gasteiger partial charge in [0, 0.05) is 32.0 Å². The summed E-state index contributed by atoms with van der Waals surface area (Å²) >= 11 is 0. The maximum Gasteiger partial charge on any atom is 0.245 e. The Labute approximate surface area is 212 Å². The summed E-state index contributed by atoms with van der Waals surface area (Å²) < 4.78 is 12.1. The lowest BCUT2D eigenvalue weighted by Gasteiger charge is -2.43. The van der Waals surface area contributed by atoms with E-state index in [0.717, 1.165) is 5.56 Å². The number of carbonyl (C=O) groups excluding carboxylic acids is 3. The van der Waals surface area contributed by atoms with Crippen molar-refractivity contribution in [2.75, 3.05) is 18.9 Å². The van der Waals surface area contributed by atoms with Crippen LogP contribution in [0, 0.1) is 17.3 Å². The maximum atomic E-state index is 14.0. The third kappa shape index (κ3) is 2.90. The number of nitrogens with zero attached hydrogens (tertiary/aromatic N) is 2. The van der Waals surface area contributed by atoms with Crippen LogP contribution in [-0.2, 0) is 19.8 Å². The van der Waals surface area contributed by atoms with Crippen molar-refractivity contribution >= 4 is 23.4 Å². The Kier molecular flexibility index (Phi) is 4.72. The van der Waals surface area contributed by atoms with Gasteiger partial charge in [0.05, 0.1) is 17.4 Å². The van der Waals surface area contributed by atoms with Crippen LogP contribution in [0.2, 0.25) is 0 Å². The van der Waals surface area contributed by atoms with Gasteiger partial charge in [-0.05, 0) is 55.7 Å². The van der Waals surface area contributed by atoms with E-state index in [1.807, 2.05) is 50.9 Å². The first-order valence-electron chi connectivity index (χ1n) is 13.0. The highest BCUT2D eigenvalue weighted by atomic mass is 16.5. The molecule has 4 heterocycles. The smallest absolute Gasteiger partial charge is 0.245 e. The number of ether oxygens (including phenoxy) is 2. The maximum absolute atomic E-state index is 14.0. The fraction of sp³-hybridized carbons (Fsp3) is 0.607. The summed E-state index contributed by atoms with van der Waals surface area (Å²) in [5.74, 6) is 1.16. The molecule has 2 saturated heterocycles. The standard InChI is InChI=1S/C28H35N3O5/c1-15-11-18-24(33)30(6)19-13-28(27(4,5)17(19)14-31(18)21(32)12-15)16-7-8-20-23(22(16)29-25(28)34)35-10-9-26(2,3)36-20/h7-10,15,17-19H,11-14H2,1-6H3,(H,29,34)/t15-,17?,18+,19+,28+/m0/s1. The topological polar surface area (TPSA) is 88.2 Å². The Bertz CT molecular complexity index is 1220. The van der Waals surface area contributed by atoms with Crippen molar-refractivity contribution in [3.05, 3.63) is 30.0 Å². The minimum atomic E-state index is -0.866. The van der Waals surface area contributed by atoms with Crippen LogP contribution in [0.3, 0.4) is 0 Å². The van der Waals surface area contributed by atoms with Gasteiger partial charge in [0.2, 0.25) is 17.7 Å². The van der Waals surface area contributed by atoms with E-state index >= 15 is 0 Å². The zero-order chi connectivity index (χ0) is 25.8. The van der Waals surface area contributed by atoms with Crippen molar-refractivity contribution < 1.29 is 23.9 Å². The van der Waals surface area contributed by atoms with E-state index < -0.39 is 22.5 Å². The van der Waals surface area contributed by atoms with Crippen LogP contribution in [0.15, 0.2) is 24.5 Å². The molecule has 5 atom stereocenters. The van der Waals surface area contributed by atoms with E-state index in [1.54, 1.807) is 11.2 Å². The predicted octanol–water partition coefficient (Wildman–Crippen LogP) is 3.45. The largest absolute Gasteiger partial charge is 0.480 e. The van der Waals surface area contributed by atoms with Gasteiger partial charge in [-0.1, -0.05) is 26.8 Å². The summed E-state index contributed by atoms with van der Waals surface area (Å²) in [7, 11) is 1.84. The highest BCUT2D eigenvalue weighted by Crippen LogP contribution is 2.65. The van der Waals surface area contributed by atoms with Crippen LogP contribution in [-0.4, -0.2) is 58.8 Å². The lowest BCUT2D eigenvalue weighted by atomic mass is 9.61. The van der Waals surface area contributed by atoms with Gasteiger partial charge in [-0.25, -0.2) is 0 Å². The van der Waals surface area contributed by atoms with E-state index in [-0.39, 0.29) is 35.6 Å². The molecule has 1 N–H and O–H groups in total. The average molecular weight is 494 g/mol. The predicted molar refractivity (Wildman–Crippen MR) is 134 cm³/mol. The first-order valence-corrected chi connectivity index (χ1v) is 13.0. The van der Waals surface area contributed by atoms with Gasteiger partial charge in [-0.2, -0.15) is 0 Å². The number of likely N-dealkylation sites (N-methyl/N-ethyl adjacent to an activating group) is 1. The molecular weight excluding hydrogens is 458 g/mol. The fourth-order valence-electron chi connectivity index (χ4n) is 7.54. The molecule has 8 nitrogen and oxygen atoms in total. The number of nitrogens with one attached hydrogen (secondary N) is 1. The van der Waals surface area contributed by atoms with Gasteiger partial charge < -0.3 is 24.6 Å². The first kappa shape index (κ1) is 23.4. The first-order chi connectivity index (χ1) is 16.9. The number of anilines is 1. The Morgan fingerprint density at radius 1 is 1.11 bits per heavy atom. The summed E-state index contributed by atoms with van der Waals surface area (Å²) in [4.78, 5) is 44.3. The Hall–Kier alpha value is -3.03. The molecular formula is C28H35N3O5. The van der Waals surface area contributed by atoms with E-state index in [9.17, 15) is 14.4 Å². The van der Waals surface area contributed by atoms with Crippen molar-refractivity contribution in [1.82, 2.24) is 9.80 Å². The van der Waals surface area contributed by atoms with Crippen LogP contribution >= 0.6 is 0 Å². The molecule has 4 aliphatic heterocycles. The van der Waals surface area contributed by atoms with Crippen molar-refractivity contribution in [2.45, 2.75) is 77.0 Å². The average Bonchev–Trinajstić information content (AvgIpc) is 3.08. The van der Waals surface area contributed by atoms with Gasteiger partial charge in [0.1, 0.15) is 11.6 Å². The highest BCUT2D eigenvalue weighted by Gasteiger charge is 2.69. The Morgan fingerprint density at radius 3 is 2.61 bits per heavy atom. The third-order valence-electron chi connectivity index (χ3n) is 9.61. The third-order valence-corrected chi connectivity index (χ3v) is 9.61. The SMILES string of the molecule is C[C@@H]1CC(=O)N2CC3[C@@H](C[C@@]4(C(=O)Nc5c4ccc4c5OC=CC(C)(C)O4)C3(C)C)N(C)C(=O)[C@H]2C1. The molecule has 6 rings (SSSR count). The summed E-state index contributed by atoms with van der Waals surface area (Å²) in [5.41, 5.74) is -0.433. The van der Waals surface area contributed by atoms with Crippen molar-refractivity contribution in [3.8, 4) is 11.5 Å². The lowest BCUT2D eigenvalue weighted by molar-refractivity contribution is -0.148. The van der Waals surface area contributed by atoms with Crippen LogP contribution < -0.4 is 14.8 Å². The molecule has 0 bridgehead atoms. The minimum absolute atomic E-state index is 0.0140. The second-order valence-electron chi connectivity index (χ2n) is 12.5. The quantitative estimate of drug-likeness (QED) is 0.598. The minimum Gasteiger partial charge on any atom is -0.480 e. The van der Waals surface area contributed by atoms with Gasteiger partial charge in [0.25, 0.3) is 0 Å². The molecule has 5 aliphatic rings. The monoisotopic (exact) mass is 493 g/mol. The molecule has 192 valence electrons. The number of carbonyl (C=O) groups is 3. The van der Waals surface area contributed by atoms with Crippen LogP contribution in [0.25, 0.3) is 0 Å². The number of rotatable bonds is 0. The van der Waals surface area contributed by atoms with Crippen molar-refractivity contribution in [3.63, 3.8) is 0 Å². The summed E-state index contributed by atoms with van der Waals surface area (Å²) in [6, 6.07) is 3.29. The number of hydrogen-bond donors (Lipinski definition) is 1. The lowest BCUT2D eigenvalue weighted by Crippen LogP contribution is -2.54. The number of fused-ring (bicyclic) bond motifs is 6. The summed E-state index contributed by atoms with van der Waals surface area (Å²) in [6.07, 6.45) is 5.11. The number of hydrogen-bond acceptors (Lipinski definition) is 5. The van der Waals surface area contributed by atoms with Crippen LogP contribution in [0.4, 0.5) is 5.69 Å². The molecule has 36 heavy (non-hydrogen) atoms. The molecule has 1 aromatic rings. The Morgan fingerprint density at radius 2 is 1.86 bits per heavy atom. The molecule has 1 saturated carbocycles. The van der Waals surface area contributed by atoms with E-state index in [0.29, 0.717) is 43.0 Å². The second kappa shape index (κ2) is 7.26. The Balaban J connectivity index is 1.46. The normalized spacial score (nSPS) is 35.7. The second-order valence-corrected chi connectivity index (χ2v) is 12.5. The molecule has 1 aliphatic carbocycles. The zero-order valence-electron chi connectivity index (χ0n) is 21.9. The van der Waals surface area contributed by atoms with Gasteiger partial charge in [-0.3, -0.25) is 14.4 Å². The summed E-state index contributed by atoms with van der Waals surface area (Å²) in [6.45, 7) is 10.7. The summed E-state index contributed by atoms with van der Waals surface area (Å²) in [5, 5.41) is 3.13. The van der Waals surface area contributed by atoms with Gasteiger partial charge in [0.15, 0.2) is 11.5 Å². The highest BCUT2D eigenvalue weighted by molar-refractivity contribution is 6.09.